The van der Waals surface area contributed by atoms with Crippen molar-refractivity contribution in [2.45, 2.75) is 12.3 Å². The Morgan fingerprint density at radius 1 is 1.33 bits per heavy atom. The van der Waals surface area contributed by atoms with E-state index in [1.54, 1.807) is 23.7 Å². The summed E-state index contributed by atoms with van der Waals surface area (Å²) in [5.74, 6) is -0.0209. The SMILES string of the molecule is O=CC(Cc1ccncc1)c1cccs1. The molecular formula is C12H11NOS. The van der Waals surface area contributed by atoms with Gasteiger partial charge in [0.25, 0.3) is 0 Å². The largest absolute Gasteiger partial charge is 0.303 e. The highest BCUT2D eigenvalue weighted by molar-refractivity contribution is 7.10. The van der Waals surface area contributed by atoms with E-state index in [9.17, 15) is 4.79 Å². The molecule has 15 heavy (non-hydrogen) atoms. The van der Waals surface area contributed by atoms with E-state index in [0.717, 1.165) is 23.1 Å². The van der Waals surface area contributed by atoms with E-state index in [2.05, 4.69) is 4.98 Å². The summed E-state index contributed by atoms with van der Waals surface area (Å²) in [5, 5.41) is 2.00. The fraction of sp³-hybridized carbons (Fsp3) is 0.167. The quantitative estimate of drug-likeness (QED) is 0.737. The number of hydrogen-bond donors (Lipinski definition) is 0. The molecule has 2 rings (SSSR count). The molecule has 1 unspecified atom stereocenters. The highest BCUT2D eigenvalue weighted by Crippen LogP contribution is 2.22. The zero-order chi connectivity index (χ0) is 10.5. The lowest BCUT2D eigenvalue weighted by atomic mass is 10.0. The van der Waals surface area contributed by atoms with Gasteiger partial charge in [0.15, 0.2) is 0 Å². The fourth-order valence-electron chi connectivity index (χ4n) is 1.49. The van der Waals surface area contributed by atoms with Crippen LogP contribution in [0.1, 0.15) is 16.4 Å². The third kappa shape index (κ3) is 2.50. The second kappa shape index (κ2) is 4.84. The molecule has 2 aromatic heterocycles. The lowest BCUT2D eigenvalue weighted by molar-refractivity contribution is -0.109. The van der Waals surface area contributed by atoms with Crippen molar-refractivity contribution in [1.82, 2.24) is 4.98 Å². The highest BCUT2D eigenvalue weighted by Gasteiger charge is 2.11. The van der Waals surface area contributed by atoms with E-state index in [4.69, 9.17) is 0 Å². The van der Waals surface area contributed by atoms with Crippen LogP contribution in [0.15, 0.2) is 42.0 Å². The molecule has 0 N–H and O–H groups in total. The fourth-order valence-corrected chi connectivity index (χ4v) is 2.28. The predicted octanol–water partition coefficient (Wildman–Crippen LogP) is 2.67. The number of hydrogen-bond acceptors (Lipinski definition) is 3. The number of aromatic nitrogens is 1. The molecule has 2 aromatic rings. The van der Waals surface area contributed by atoms with Gasteiger partial charge in [-0.15, -0.1) is 11.3 Å². The topological polar surface area (TPSA) is 30.0 Å². The van der Waals surface area contributed by atoms with Crippen LogP contribution >= 0.6 is 11.3 Å². The second-order valence-electron chi connectivity index (χ2n) is 3.32. The molecule has 0 aliphatic carbocycles. The van der Waals surface area contributed by atoms with E-state index >= 15 is 0 Å². The summed E-state index contributed by atoms with van der Waals surface area (Å²) in [6.07, 6.45) is 5.29. The zero-order valence-corrected chi connectivity index (χ0v) is 8.98. The van der Waals surface area contributed by atoms with Crippen LogP contribution in [0.3, 0.4) is 0 Å². The molecular weight excluding hydrogens is 206 g/mol. The van der Waals surface area contributed by atoms with Crippen LogP contribution in [0.5, 0.6) is 0 Å². The summed E-state index contributed by atoms with van der Waals surface area (Å²) < 4.78 is 0. The Bertz CT molecular complexity index is 410. The summed E-state index contributed by atoms with van der Waals surface area (Å²) in [5.41, 5.74) is 1.15. The molecule has 0 saturated heterocycles. The van der Waals surface area contributed by atoms with Gasteiger partial charge in [0.1, 0.15) is 6.29 Å². The minimum atomic E-state index is -0.0209. The van der Waals surface area contributed by atoms with Crippen molar-refractivity contribution in [2.75, 3.05) is 0 Å². The van der Waals surface area contributed by atoms with E-state index in [-0.39, 0.29) is 5.92 Å². The normalized spacial score (nSPS) is 12.3. The van der Waals surface area contributed by atoms with Gasteiger partial charge in [-0.2, -0.15) is 0 Å². The van der Waals surface area contributed by atoms with Crippen molar-refractivity contribution in [1.29, 1.82) is 0 Å². The van der Waals surface area contributed by atoms with E-state index in [1.807, 2.05) is 29.6 Å². The Kier molecular flexibility index (Phi) is 3.25. The average Bonchev–Trinajstić information content (AvgIpc) is 2.81. The average molecular weight is 217 g/mol. The molecule has 0 aliphatic heterocycles. The van der Waals surface area contributed by atoms with Crippen LogP contribution in [0.25, 0.3) is 0 Å². The van der Waals surface area contributed by atoms with E-state index in [0.29, 0.717) is 0 Å². The van der Waals surface area contributed by atoms with E-state index in [1.165, 1.54) is 0 Å². The molecule has 2 nitrogen and oxygen atoms in total. The van der Waals surface area contributed by atoms with Crippen molar-refractivity contribution >= 4 is 17.6 Å². The molecule has 0 saturated carbocycles. The van der Waals surface area contributed by atoms with Crippen molar-refractivity contribution in [2.24, 2.45) is 0 Å². The lowest BCUT2D eigenvalue weighted by Gasteiger charge is -2.07. The van der Waals surface area contributed by atoms with Crippen LogP contribution < -0.4 is 0 Å². The molecule has 1 atom stereocenters. The van der Waals surface area contributed by atoms with Crippen LogP contribution in [0, 0.1) is 0 Å². The van der Waals surface area contributed by atoms with Gasteiger partial charge in [-0.05, 0) is 35.6 Å². The van der Waals surface area contributed by atoms with Crippen LogP contribution in [-0.2, 0) is 11.2 Å². The minimum Gasteiger partial charge on any atom is -0.303 e. The summed E-state index contributed by atoms with van der Waals surface area (Å²) in [4.78, 5) is 16.1. The molecule has 0 spiro atoms. The third-order valence-corrected chi connectivity index (χ3v) is 3.28. The van der Waals surface area contributed by atoms with Gasteiger partial charge in [0.05, 0.1) is 5.92 Å². The van der Waals surface area contributed by atoms with Crippen molar-refractivity contribution in [3.05, 3.63) is 52.5 Å². The Morgan fingerprint density at radius 2 is 2.13 bits per heavy atom. The predicted molar refractivity (Wildman–Crippen MR) is 61.1 cm³/mol. The summed E-state index contributed by atoms with van der Waals surface area (Å²) in [6, 6.07) is 7.88. The Labute approximate surface area is 92.6 Å². The van der Waals surface area contributed by atoms with Gasteiger partial charge in [0, 0.05) is 17.3 Å². The number of thiophene rings is 1. The maximum Gasteiger partial charge on any atom is 0.128 e. The second-order valence-corrected chi connectivity index (χ2v) is 4.30. The van der Waals surface area contributed by atoms with Crippen LogP contribution in [0.2, 0.25) is 0 Å². The maximum absolute atomic E-state index is 11.0. The summed E-state index contributed by atoms with van der Waals surface area (Å²) in [6.45, 7) is 0. The zero-order valence-electron chi connectivity index (χ0n) is 8.17. The molecule has 0 amide bonds. The Balaban J connectivity index is 2.13. The lowest BCUT2D eigenvalue weighted by Crippen LogP contribution is -2.02. The van der Waals surface area contributed by atoms with E-state index < -0.39 is 0 Å². The van der Waals surface area contributed by atoms with Crippen molar-refractivity contribution in [3.8, 4) is 0 Å². The molecule has 0 aliphatic rings. The van der Waals surface area contributed by atoms with Crippen molar-refractivity contribution in [3.63, 3.8) is 0 Å². The number of pyridine rings is 1. The summed E-state index contributed by atoms with van der Waals surface area (Å²) in [7, 11) is 0. The third-order valence-electron chi connectivity index (χ3n) is 2.28. The number of carbonyl (C=O) groups is 1. The molecule has 0 fully saturated rings. The number of nitrogens with zero attached hydrogens (tertiary/aromatic N) is 1. The van der Waals surface area contributed by atoms with Gasteiger partial charge < -0.3 is 4.79 Å². The first kappa shape index (κ1) is 10.1. The van der Waals surface area contributed by atoms with Crippen molar-refractivity contribution < 1.29 is 4.79 Å². The van der Waals surface area contributed by atoms with Gasteiger partial charge >= 0.3 is 0 Å². The molecule has 0 bridgehead atoms. The first-order valence-corrected chi connectivity index (χ1v) is 5.65. The standard InChI is InChI=1S/C12H11NOS/c14-9-11(12-2-1-7-15-12)8-10-3-5-13-6-4-10/h1-7,9,11H,8H2. The Morgan fingerprint density at radius 3 is 2.73 bits per heavy atom. The van der Waals surface area contributed by atoms with Gasteiger partial charge in [-0.25, -0.2) is 0 Å². The Hall–Kier alpha value is -1.48. The van der Waals surface area contributed by atoms with Gasteiger partial charge in [0.2, 0.25) is 0 Å². The smallest absolute Gasteiger partial charge is 0.128 e. The number of carbonyl (C=O) groups excluding carboxylic acids is 1. The van der Waals surface area contributed by atoms with Gasteiger partial charge in [-0.1, -0.05) is 6.07 Å². The van der Waals surface area contributed by atoms with Gasteiger partial charge in [-0.3, -0.25) is 4.98 Å². The number of rotatable bonds is 4. The maximum atomic E-state index is 11.0. The monoisotopic (exact) mass is 217 g/mol. The first-order valence-electron chi connectivity index (χ1n) is 4.78. The minimum absolute atomic E-state index is 0.0209. The number of aldehydes is 1. The molecule has 76 valence electrons. The first-order chi connectivity index (χ1) is 7.40. The van der Waals surface area contributed by atoms with Crippen LogP contribution in [-0.4, -0.2) is 11.3 Å². The highest BCUT2D eigenvalue weighted by atomic mass is 32.1. The summed E-state index contributed by atoms with van der Waals surface area (Å²) >= 11 is 1.63. The molecule has 3 heteroatoms. The van der Waals surface area contributed by atoms with Crippen LogP contribution in [0.4, 0.5) is 0 Å². The molecule has 2 heterocycles. The molecule has 0 aromatic carbocycles. The molecule has 0 radical (unpaired) electrons.